The van der Waals surface area contributed by atoms with Gasteiger partial charge in [-0.25, -0.2) is 9.97 Å². The highest BCUT2D eigenvalue weighted by Gasteiger charge is 2.13. The number of hydrogen-bond acceptors (Lipinski definition) is 7. The van der Waals surface area contributed by atoms with E-state index < -0.39 is 0 Å². The van der Waals surface area contributed by atoms with Crippen molar-refractivity contribution in [3.05, 3.63) is 41.6 Å². The monoisotopic (exact) mass is 362 g/mol. The second-order valence-electron chi connectivity index (χ2n) is 5.25. The molecule has 3 rings (SSSR count). The van der Waals surface area contributed by atoms with E-state index in [0.29, 0.717) is 36.0 Å². The van der Waals surface area contributed by atoms with Gasteiger partial charge in [0.15, 0.2) is 11.5 Å². The Labute approximate surface area is 150 Å². The van der Waals surface area contributed by atoms with Crippen molar-refractivity contribution in [2.24, 2.45) is 0 Å². The maximum Gasteiger partial charge on any atom is 0.224 e. The minimum absolute atomic E-state index is 0.154. The van der Waals surface area contributed by atoms with Crippen LogP contribution in [0.5, 0.6) is 11.5 Å². The van der Waals surface area contributed by atoms with Gasteiger partial charge in [-0.1, -0.05) is 0 Å². The fraction of sp³-hybridized carbons (Fsp3) is 0.294. The molecule has 1 aromatic carbocycles. The third-order valence-electron chi connectivity index (χ3n) is 3.57. The van der Waals surface area contributed by atoms with Crippen LogP contribution in [0.4, 0.5) is 5.82 Å². The van der Waals surface area contributed by atoms with Crippen LogP contribution >= 0.6 is 11.6 Å². The lowest BCUT2D eigenvalue weighted by Crippen LogP contribution is -2.16. The number of methoxy groups -OCH3 is 1. The van der Waals surface area contributed by atoms with E-state index in [9.17, 15) is 0 Å². The first-order valence-corrected chi connectivity index (χ1v) is 8.18. The molecule has 0 amide bonds. The van der Waals surface area contributed by atoms with Crippen LogP contribution in [0.2, 0.25) is 5.28 Å². The number of rotatable bonds is 8. The average molecular weight is 363 g/mol. The maximum atomic E-state index is 6.07. The minimum Gasteiger partial charge on any atom is -0.493 e. The molecular weight excluding hydrogens is 344 g/mol. The number of benzene rings is 1. The Bertz CT molecular complexity index is 840. The molecule has 25 heavy (non-hydrogen) atoms. The van der Waals surface area contributed by atoms with E-state index in [2.05, 4.69) is 20.6 Å². The van der Waals surface area contributed by atoms with Gasteiger partial charge in [0.05, 0.1) is 25.4 Å². The molecule has 132 valence electrons. The average Bonchev–Trinajstić information content (AvgIpc) is 3.12. The van der Waals surface area contributed by atoms with Gasteiger partial charge in [0.25, 0.3) is 0 Å². The summed E-state index contributed by atoms with van der Waals surface area (Å²) in [6.45, 7) is 1.72. The molecule has 0 atom stereocenters. The van der Waals surface area contributed by atoms with Crippen molar-refractivity contribution in [1.29, 1.82) is 0 Å². The summed E-state index contributed by atoms with van der Waals surface area (Å²) in [6, 6.07) is 7.35. The van der Waals surface area contributed by atoms with Crippen molar-refractivity contribution in [3.8, 4) is 11.5 Å². The second-order valence-corrected chi connectivity index (χ2v) is 5.58. The first kappa shape index (κ1) is 17.3. The van der Waals surface area contributed by atoms with Crippen LogP contribution in [-0.2, 0) is 6.54 Å². The summed E-state index contributed by atoms with van der Waals surface area (Å²) in [6.07, 6.45) is 1.62. The Balaban J connectivity index is 1.94. The van der Waals surface area contributed by atoms with Crippen LogP contribution in [0, 0.1) is 0 Å². The Hall–Kier alpha value is -2.51. The molecule has 0 aliphatic rings. The Kier molecular flexibility index (Phi) is 5.57. The highest BCUT2D eigenvalue weighted by Crippen LogP contribution is 2.34. The van der Waals surface area contributed by atoms with Gasteiger partial charge in [0.1, 0.15) is 18.2 Å². The molecule has 0 fully saturated rings. The van der Waals surface area contributed by atoms with E-state index >= 15 is 0 Å². The van der Waals surface area contributed by atoms with Gasteiger partial charge >= 0.3 is 0 Å². The summed E-state index contributed by atoms with van der Waals surface area (Å²) in [4.78, 5) is 8.56. The van der Waals surface area contributed by atoms with Gasteiger partial charge in [-0.15, -0.1) is 0 Å². The molecule has 3 aromatic rings. The van der Waals surface area contributed by atoms with E-state index in [0.717, 1.165) is 17.7 Å². The van der Waals surface area contributed by atoms with Crippen molar-refractivity contribution < 1.29 is 13.9 Å². The summed E-state index contributed by atoms with van der Waals surface area (Å²) in [5.74, 6) is 2.61. The normalized spacial score (nSPS) is 10.8. The van der Waals surface area contributed by atoms with Crippen molar-refractivity contribution in [2.45, 2.75) is 6.54 Å². The number of anilines is 1. The molecule has 2 N–H and O–H groups in total. The van der Waals surface area contributed by atoms with E-state index in [1.165, 1.54) is 0 Å². The lowest BCUT2D eigenvalue weighted by molar-refractivity contribution is 0.296. The van der Waals surface area contributed by atoms with Crippen molar-refractivity contribution in [2.75, 3.05) is 32.6 Å². The summed E-state index contributed by atoms with van der Waals surface area (Å²) in [7, 11) is 3.46. The molecule has 8 heteroatoms. The van der Waals surface area contributed by atoms with Crippen LogP contribution in [-0.4, -0.2) is 37.3 Å². The first-order valence-electron chi connectivity index (χ1n) is 7.80. The fourth-order valence-corrected chi connectivity index (χ4v) is 2.54. The quantitative estimate of drug-likeness (QED) is 0.470. The molecule has 0 saturated carbocycles. The van der Waals surface area contributed by atoms with Crippen LogP contribution in [0.1, 0.15) is 5.76 Å². The van der Waals surface area contributed by atoms with E-state index in [1.807, 2.05) is 25.2 Å². The standard InChI is InChI=1S/C17H19ClN4O3/c1-19-5-7-25-15-9-13-12(8-14(15)23-2)16(22-17(18)21-13)20-10-11-4-3-6-24-11/h3-4,6,8-9,19H,5,7,10H2,1-2H3,(H,20,21,22). The summed E-state index contributed by atoms with van der Waals surface area (Å²) in [5.41, 5.74) is 0.669. The third-order valence-corrected chi connectivity index (χ3v) is 3.74. The minimum atomic E-state index is 0.154. The van der Waals surface area contributed by atoms with E-state index in [1.54, 1.807) is 19.4 Å². The van der Waals surface area contributed by atoms with E-state index in [-0.39, 0.29) is 5.28 Å². The molecule has 0 unspecified atom stereocenters. The Morgan fingerprint density at radius 1 is 1.24 bits per heavy atom. The first-order chi connectivity index (χ1) is 12.2. The van der Waals surface area contributed by atoms with Crippen LogP contribution < -0.4 is 20.1 Å². The van der Waals surface area contributed by atoms with Gasteiger partial charge < -0.3 is 24.5 Å². The summed E-state index contributed by atoms with van der Waals surface area (Å²) >= 11 is 6.07. The number of nitrogens with one attached hydrogen (secondary N) is 2. The number of nitrogens with zero attached hydrogens (tertiary/aromatic N) is 2. The molecule has 2 heterocycles. The predicted octanol–water partition coefficient (Wildman–Crippen LogP) is 3.10. The summed E-state index contributed by atoms with van der Waals surface area (Å²) < 4.78 is 16.5. The lowest BCUT2D eigenvalue weighted by Gasteiger charge is -2.14. The van der Waals surface area contributed by atoms with Gasteiger partial charge in [0, 0.05) is 18.0 Å². The number of furan rings is 1. The second kappa shape index (κ2) is 8.04. The SMILES string of the molecule is CNCCOc1cc2nc(Cl)nc(NCc3ccco3)c2cc1OC. The topological polar surface area (TPSA) is 81.4 Å². The molecule has 0 spiro atoms. The Morgan fingerprint density at radius 2 is 2.12 bits per heavy atom. The number of halogens is 1. The maximum absolute atomic E-state index is 6.07. The van der Waals surface area contributed by atoms with Gasteiger partial charge in [-0.3, -0.25) is 0 Å². The highest BCUT2D eigenvalue weighted by atomic mass is 35.5. The van der Waals surface area contributed by atoms with Gasteiger partial charge in [0.2, 0.25) is 5.28 Å². The zero-order valence-corrected chi connectivity index (χ0v) is 14.8. The zero-order valence-electron chi connectivity index (χ0n) is 14.0. The van der Waals surface area contributed by atoms with Gasteiger partial charge in [-0.2, -0.15) is 0 Å². The van der Waals surface area contributed by atoms with Crippen LogP contribution in [0.25, 0.3) is 10.9 Å². The number of likely N-dealkylation sites (N-methyl/N-ethyl adjacent to an activating group) is 1. The predicted molar refractivity (Wildman–Crippen MR) is 96.6 cm³/mol. The largest absolute Gasteiger partial charge is 0.493 e. The number of ether oxygens (including phenoxy) is 2. The van der Waals surface area contributed by atoms with Crippen molar-refractivity contribution in [3.63, 3.8) is 0 Å². The van der Waals surface area contributed by atoms with Crippen molar-refractivity contribution in [1.82, 2.24) is 15.3 Å². The smallest absolute Gasteiger partial charge is 0.224 e. The molecule has 0 bridgehead atoms. The number of hydrogen-bond donors (Lipinski definition) is 2. The number of fused-ring (bicyclic) bond motifs is 1. The Morgan fingerprint density at radius 3 is 2.84 bits per heavy atom. The van der Waals surface area contributed by atoms with Gasteiger partial charge in [-0.05, 0) is 36.8 Å². The number of aromatic nitrogens is 2. The highest BCUT2D eigenvalue weighted by molar-refractivity contribution is 6.28. The third kappa shape index (κ3) is 4.12. The van der Waals surface area contributed by atoms with E-state index in [4.69, 9.17) is 25.5 Å². The molecular formula is C17H19ClN4O3. The fourth-order valence-electron chi connectivity index (χ4n) is 2.36. The van der Waals surface area contributed by atoms with Crippen LogP contribution in [0.15, 0.2) is 34.9 Å². The summed E-state index contributed by atoms with van der Waals surface area (Å²) in [5, 5.41) is 7.19. The lowest BCUT2D eigenvalue weighted by atomic mass is 10.2. The molecule has 2 aromatic heterocycles. The molecule has 7 nitrogen and oxygen atoms in total. The van der Waals surface area contributed by atoms with Crippen LogP contribution in [0.3, 0.4) is 0 Å². The molecule has 0 aliphatic carbocycles. The van der Waals surface area contributed by atoms with Crippen molar-refractivity contribution >= 4 is 28.3 Å². The molecule has 0 radical (unpaired) electrons. The molecule has 0 aliphatic heterocycles. The molecule has 0 saturated heterocycles. The zero-order chi connectivity index (χ0) is 17.6.